The lowest BCUT2D eigenvalue weighted by Crippen LogP contribution is -2.41. The Morgan fingerprint density at radius 1 is 1.10 bits per heavy atom. The van der Waals surface area contributed by atoms with Gasteiger partial charge in [0.25, 0.3) is 0 Å². The number of aryl methyl sites for hydroxylation is 1. The summed E-state index contributed by atoms with van der Waals surface area (Å²) in [6.45, 7) is 7.62. The first-order valence-electron chi connectivity index (χ1n) is 14.3. The molecule has 228 valence electrons. The second-order valence-electron chi connectivity index (χ2n) is 11.2. The molecule has 1 atom stereocenters. The summed E-state index contributed by atoms with van der Waals surface area (Å²) in [6.07, 6.45) is 3.55. The largest absolute Gasteiger partial charge is 0.496 e. The number of sulfonamides is 1. The third kappa shape index (κ3) is 8.06. The Morgan fingerprint density at radius 2 is 1.78 bits per heavy atom. The Kier molecular flexibility index (Phi) is 11.7. The number of rotatable bonds is 13. The molecule has 10 heteroatoms. The first-order chi connectivity index (χ1) is 19.4. The minimum absolute atomic E-state index is 0.0643. The third-order valence-corrected chi connectivity index (χ3v) is 10.5. The van der Waals surface area contributed by atoms with E-state index in [1.807, 2.05) is 27.1 Å². The Balaban J connectivity index is 1.48. The fraction of sp³-hybridized carbons (Fsp3) is 0.581. The summed E-state index contributed by atoms with van der Waals surface area (Å²) in [6, 6.07) is 8.75. The van der Waals surface area contributed by atoms with Gasteiger partial charge in [0.15, 0.2) is 0 Å². The van der Waals surface area contributed by atoms with Gasteiger partial charge >= 0.3 is 0 Å². The molecular formula is C31H46FN3O5S. The molecule has 8 nitrogen and oxygen atoms in total. The number of benzene rings is 2. The van der Waals surface area contributed by atoms with Crippen molar-refractivity contribution in [3.8, 4) is 5.75 Å². The number of carbonyl (C=O) groups is 1. The lowest BCUT2D eigenvalue weighted by Gasteiger charge is -2.37. The van der Waals surface area contributed by atoms with Crippen molar-refractivity contribution in [1.29, 1.82) is 0 Å². The molecule has 0 aliphatic heterocycles. The topological polar surface area (TPSA) is 88.2 Å². The molecule has 1 unspecified atom stereocenters. The van der Waals surface area contributed by atoms with E-state index in [1.165, 1.54) is 10.4 Å². The minimum Gasteiger partial charge on any atom is -0.496 e. The van der Waals surface area contributed by atoms with E-state index in [-0.39, 0.29) is 50.1 Å². The van der Waals surface area contributed by atoms with Gasteiger partial charge in [0.05, 0.1) is 18.6 Å². The van der Waals surface area contributed by atoms with Crippen LogP contribution in [0.2, 0.25) is 0 Å². The van der Waals surface area contributed by atoms with E-state index < -0.39 is 10.0 Å². The maximum absolute atomic E-state index is 13.8. The average Bonchev–Trinajstić information content (AvgIpc) is 2.91. The highest BCUT2D eigenvalue weighted by Gasteiger charge is 2.31. The third-order valence-electron chi connectivity index (χ3n) is 8.20. The molecule has 1 N–H and O–H groups in total. The lowest BCUT2D eigenvalue weighted by atomic mass is 9.78. The van der Waals surface area contributed by atoms with E-state index in [0.717, 1.165) is 36.8 Å². The molecule has 1 fully saturated rings. The molecule has 1 saturated carbocycles. The number of amides is 1. The zero-order valence-electron chi connectivity index (χ0n) is 25.5. The molecule has 0 spiro atoms. The summed E-state index contributed by atoms with van der Waals surface area (Å²) in [7, 11) is 1.86. The van der Waals surface area contributed by atoms with Crippen molar-refractivity contribution in [3.63, 3.8) is 0 Å². The quantitative estimate of drug-likeness (QED) is 0.338. The summed E-state index contributed by atoms with van der Waals surface area (Å²) in [5, 5.41) is 3.07. The molecule has 0 saturated heterocycles. The zero-order chi connectivity index (χ0) is 30.3. The number of nitrogens with zero attached hydrogens (tertiary/aromatic N) is 2. The Hall–Kier alpha value is -2.53. The standard InChI is InChI=1S/C31H46FN3O5S/c1-8-35(41(37,38)31-21(2)18-28(39-7)22(3)23(31)4)16-17-40-20-29(36)33-27-14-12-24(13-15-27)30(34(5)6)25-10-9-11-26(32)19-25/h9-11,18-19,24,27,30H,8,12-17,20H2,1-7H3,(H,33,36). The van der Waals surface area contributed by atoms with Crippen molar-refractivity contribution in [1.82, 2.24) is 14.5 Å². The van der Waals surface area contributed by atoms with Crippen LogP contribution in [0, 0.1) is 32.5 Å². The van der Waals surface area contributed by atoms with Gasteiger partial charge in [-0.25, -0.2) is 12.8 Å². The summed E-state index contributed by atoms with van der Waals surface area (Å²) in [5.41, 5.74) is 3.07. The molecule has 41 heavy (non-hydrogen) atoms. The number of hydrogen-bond donors (Lipinski definition) is 1. The summed E-state index contributed by atoms with van der Waals surface area (Å²) < 4.78 is 53.2. The van der Waals surface area contributed by atoms with Gasteiger partial charge in [-0.05, 0) is 107 Å². The van der Waals surface area contributed by atoms with Gasteiger partial charge in [0, 0.05) is 25.2 Å². The highest BCUT2D eigenvalue weighted by atomic mass is 32.2. The van der Waals surface area contributed by atoms with E-state index in [0.29, 0.717) is 27.7 Å². The van der Waals surface area contributed by atoms with Crippen molar-refractivity contribution in [2.24, 2.45) is 5.92 Å². The van der Waals surface area contributed by atoms with E-state index in [2.05, 4.69) is 10.2 Å². The first kappa shape index (κ1) is 33.0. The Labute approximate surface area is 245 Å². The predicted octanol–water partition coefficient (Wildman–Crippen LogP) is 4.76. The van der Waals surface area contributed by atoms with E-state index in [4.69, 9.17) is 9.47 Å². The molecule has 0 aromatic heterocycles. The predicted molar refractivity (Wildman–Crippen MR) is 159 cm³/mol. The molecule has 3 rings (SSSR count). The van der Waals surface area contributed by atoms with Gasteiger partial charge in [-0.3, -0.25) is 4.79 Å². The Bertz CT molecular complexity index is 1290. The van der Waals surface area contributed by atoms with Crippen LogP contribution in [-0.4, -0.2) is 77.1 Å². The van der Waals surface area contributed by atoms with Gasteiger partial charge in [0.1, 0.15) is 18.2 Å². The SMILES string of the molecule is CCN(CCOCC(=O)NC1CCC(C(c2cccc(F)c2)N(C)C)CC1)S(=O)(=O)c1c(C)cc(OC)c(C)c1C. The summed E-state index contributed by atoms with van der Waals surface area (Å²) in [4.78, 5) is 15.0. The zero-order valence-corrected chi connectivity index (χ0v) is 26.3. The molecule has 1 amide bonds. The van der Waals surface area contributed by atoms with Crippen LogP contribution in [0.4, 0.5) is 4.39 Å². The smallest absolute Gasteiger partial charge is 0.246 e. The van der Waals surface area contributed by atoms with Gasteiger partial charge in [-0.1, -0.05) is 19.1 Å². The van der Waals surface area contributed by atoms with Crippen LogP contribution in [-0.2, 0) is 19.6 Å². The van der Waals surface area contributed by atoms with E-state index in [9.17, 15) is 17.6 Å². The van der Waals surface area contributed by atoms with Gasteiger partial charge < -0.3 is 19.7 Å². The van der Waals surface area contributed by atoms with Crippen molar-refractivity contribution in [2.45, 2.75) is 70.4 Å². The highest BCUT2D eigenvalue weighted by Crippen LogP contribution is 2.37. The van der Waals surface area contributed by atoms with Crippen LogP contribution < -0.4 is 10.1 Å². The summed E-state index contributed by atoms with van der Waals surface area (Å²) in [5.74, 6) is 0.607. The molecule has 0 radical (unpaired) electrons. The fourth-order valence-electron chi connectivity index (χ4n) is 6.07. The minimum atomic E-state index is -3.75. The first-order valence-corrected chi connectivity index (χ1v) is 15.8. The second-order valence-corrected chi connectivity index (χ2v) is 13.0. The number of likely N-dealkylation sites (N-methyl/N-ethyl adjacent to an activating group) is 1. The average molecular weight is 592 g/mol. The molecule has 0 heterocycles. The van der Waals surface area contributed by atoms with Crippen LogP contribution >= 0.6 is 0 Å². The maximum atomic E-state index is 13.8. The number of halogens is 1. The highest BCUT2D eigenvalue weighted by molar-refractivity contribution is 7.89. The lowest BCUT2D eigenvalue weighted by molar-refractivity contribution is -0.126. The maximum Gasteiger partial charge on any atom is 0.246 e. The fourth-order valence-corrected chi connectivity index (χ4v) is 7.99. The van der Waals surface area contributed by atoms with Crippen molar-refractivity contribution < 1.29 is 27.1 Å². The molecule has 0 bridgehead atoms. The van der Waals surface area contributed by atoms with Gasteiger partial charge in [-0.15, -0.1) is 0 Å². The molecule has 1 aliphatic carbocycles. The van der Waals surface area contributed by atoms with Gasteiger partial charge in [0.2, 0.25) is 15.9 Å². The second kappa shape index (κ2) is 14.6. The molecule has 1 aliphatic rings. The van der Waals surface area contributed by atoms with Crippen molar-refractivity contribution >= 4 is 15.9 Å². The van der Waals surface area contributed by atoms with Crippen LogP contribution in [0.5, 0.6) is 5.75 Å². The Morgan fingerprint density at radius 3 is 2.37 bits per heavy atom. The normalized spacial score (nSPS) is 18.5. The van der Waals surface area contributed by atoms with E-state index in [1.54, 1.807) is 46.1 Å². The molecule has 2 aromatic carbocycles. The number of nitrogens with one attached hydrogen (secondary N) is 1. The number of hydrogen-bond acceptors (Lipinski definition) is 6. The molecular weight excluding hydrogens is 545 g/mol. The van der Waals surface area contributed by atoms with Crippen molar-refractivity contribution in [3.05, 3.63) is 58.4 Å². The number of methoxy groups -OCH3 is 1. The van der Waals surface area contributed by atoms with Crippen LogP contribution in [0.15, 0.2) is 35.2 Å². The number of carbonyl (C=O) groups excluding carboxylic acids is 1. The monoisotopic (exact) mass is 591 g/mol. The van der Waals surface area contributed by atoms with E-state index >= 15 is 0 Å². The number of ether oxygens (including phenoxy) is 2. The van der Waals surface area contributed by atoms with Gasteiger partial charge in [-0.2, -0.15) is 4.31 Å². The molecule has 2 aromatic rings. The van der Waals surface area contributed by atoms with Crippen molar-refractivity contribution in [2.75, 3.05) is 47.5 Å². The summed E-state index contributed by atoms with van der Waals surface area (Å²) >= 11 is 0. The van der Waals surface area contributed by atoms with Crippen LogP contribution in [0.25, 0.3) is 0 Å². The van der Waals surface area contributed by atoms with Crippen LogP contribution in [0.1, 0.15) is 60.9 Å². The van der Waals surface area contributed by atoms with Crippen LogP contribution in [0.3, 0.4) is 0 Å².